The van der Waals surface area contributed by atoms with Crippen LogP contribution >= 0.6 is 0 Å². The number of benzene rings is 1. The fraction of sp³-hybridized carbons (Fsp3) is 0.579. The first-order chi connectivity index (χ1) is 11.5. The van der Waals surface area contributed by atoms with Crippen LogP contribution in [0.25, 0.3) is 4.85 Å². The summed E-state index contributed by atoms with van der Waals surface area (Å²) >= 11 is 0. The molecule has 0 spiro atoms. The smallest absolute Gasteiger partial charge is 0.282 e. The van der Waals surface area contributed by atoms with E-state index in [4.69, 9.17) is 6.57 Å². The van der Waals surface area contributed by atoms with Gasteiger partial charge in [0, 0.05) is 17.4 Å². The first-order valence-electron chi connectivity index (χ1n) is 8.68. The maximum atomic E-state index is 12.4. The second kappa shape index (κ2) is 5.14. The number of carbonyl (C=O) groups is 1. The summed E-state index contributed by atoms with van der Waals surface area (Å²) in [4.78, 5) is 26.8. The van der Waals surface area contributed by atoms with E-state index in [0.29, 0.717) is 36.4 Å². The lowest BCUT2D eigenvalue weighted by atomic mass is 9.55. The minimum Gasteiger partial charge on any atom is -0.299 e. The van der Waals surface area contributed by atoms with Crippen LogP contribution in [0.15, 0.2) is 12.1 Å². The quantitative estimate of drug-likeness (QED) is 0.432. The lowest BCUT2D eigenvalue weighted by Crippen LogP contribution is -2.42. The topological polar surface area (TPSA) is 64.6 Å². The van der Waals surface area contributed by atoms with Crippen LogP contribution in [0.4, 0.5) is 11.4 Å². The van der Waals surface area contributed by atoms with Crippen LogP contribution in [0.2, 0.25) is 0 Å². The fourth-order valence-electron chi connectivity index (χ4n) is 5.70. The van der Waals surface area contributed by atoms with Crippen LogP contribution in [0.1, 0.15) is 56.1 Å². The molecule has 5 nitrogen and oxygen atoms in total. The molecule has 1 aromatic rings. The number of rotatable bonds is 1. The second-order valence-electron chi connectivity index (χ2n) is 7.70. The van der Waals surface area contributed by atoms with Gasteiger partial charge in [-0.05, 0) is 61.5 Å². The van der Waals surface area contributed by atoms with Crippen LogP contribution in [-0.2, 0) is 11.2 Å². The zero-order valence-corrected chi connectivity index (χ0v) is 13.7. The monoisotopic (exact) mass is 324 g/mol. The third-order valence-corrected chi connectivity index (χ3v) is 6.87. The Morgan fingerprint density at radius 1 is 1.29 bits per heavy atom. The van der Waals surface area contributed by atoms with Crippen molar-refractivity contribution in [2.45, 2.75) is 51.4 Å². The standard InChI is InChI=1S/C19H20N2O3/c1-19-10-9-12-11-5-7-16(20-2)18(21(23)24)14(11)4-3-13(12)15(19)6-8-17(19)22/h5,7,12-13,15H,3-4,6,8-10H2,1H3/t12?,13?,15?,19-/m0/s1. The van der Waals surface area contributed by atoms with Crippen molar-refractivity contribution in [2.24, 2.45) is 17.3 Å². The predicted octanol–water partition coefficient (Wildman–Crippen LogP) is 4.57. The van der Waals surface area contributed by atoms with Gasteiger partial charge in [0.1, 0.15) is 5.78 Å². The molecule has 5 heteroatoms. The summed E-state index contributed by atoms with van der Waals surface area (Å²) in [5, 5.41) is 11.5. The number of nitrogens with zero attached hydrogens (tertiary/aromatic N) is 2. The lowest BCUT2D eigenvalue weighted by molar-refractivity contribution is -0.384. The van der Waals surface area contributed by atoms with Gasteiger partial charge < -0.3 is 0 Å². The predicted molar refractivity (Wildman–Crippen MR) is 89.0 cm³/mol. The van der Waals surface area contributed by atoms with Crippen molar-refractivity contribution >= 4 is 17.2 Å². The normalized spacial score (nSPS) is 34.0. The summed E-state index contributed by atoms with van der Waals surface area (Å²) in [7, 11) is 0. The van der Waals surface area contributed by atoms with E-state index in [1.165, 1.54) is 0 Å². The molecule has 0 amide bonds. The van der Waals surface area contributed by atoms with Crippen molar-refractivity contribution in [3.05, 3.63) is 44.8 Å². The molecule has 0 aliphatic heterocycles. The van der Waals surface area contributed by atoms with E-state index in [2.05, 4.69) is 11.8 Å². The number of hydrogen-bond donors (Lipinski definition) is 0. The summed E-state index contributed by atoms with van der Waals surface area (Å²) in [6.07, 6.45) is 5.01. The van der Waals surface area contributed by atoms with Crippen molar-refractivity contribution in [1.82, 2.24) is 0 Å². The van der Waals surface area contributed by atoms with E-state index in [1.807, 2.05) is 6.07 Å². The van der Waals surface area contributed by atoms with Gasteiger partial charge in [0.15, 0.2) is 0 Å². The molecule has 0 heterocycles. The van der Waals surface area contributed by atoms with Crippen LogP contribution in [-0.4, -0.2) is 10.7 Å². The Kier molecular flexibility index (Phi) is 3.28. The van der Waals surface area contributed by atoms with Crippen LogP contribution < -0.4 is 0 Å². The highest BCUT2D eigenvalue weighted by Crippen LogP contribution is 2.60. The summed E-state index contributed by atoms with van der Waals surface area (Å²) in [5.74, 6) is 1.57. The van der Waals surface area contributed by atoms with Gasteiger partial charge in [0.25, 0.3) is 11.4 Å². The maximum Gasteiger partial charge on any atom is 0.282 e. The Balaban J connectivity index is 1.79. The average molecular weight is 324 g/mol. The minimum atomic E-state index is -0.390. The van der Waals surface area contributed by atoms with Crippen molar-refractivity contribution in [2.75, 3.05) is 0 Å². The Hall–Kier alpha value is -2.22. The van der Waals surface area contributed by atoms with Gasteiger partial charge in [0.2, 0.25) is 0 Å². The molecule has 3 unspecified atom stereocenters. The van der Waals surface area contributed by atoms with E-state index in [1.54, 1.807) is 6.07 Å². The molecule has 0 aromatic heterocycles. The maximum absolute atomic E-state index is 12.4. The molecule has 1 aromatic carbocycles. The van der Waals surface area contributed by atoms with Gasteiger partial charge in [-0.2, -0.15) is 0 Å². The Morgan fingerprint density at radius 3 is 2.79 bits per heavy atom. The molecule has 2 saturated carbocycles. The first kappa shape index (κ1) is 15.3. The lowest BCUT2D eigenvalue weighted by Gasteiger charge is -2.48. The average Bonchev–Trinajstić information content (AvgIpc) is 2.88. The third-order valence-electron chi connectivity index (χ3n) is 6.87. The van der Waals surface area contributed by atoms with E-state index in [-0.39, 0.29) is 16.8 Å². The highest BCUT2D eigenvalue weighted by atomic mass is 16.6. The third kappa shape index (κ3) is 1.89. The number of hydrogen-bond acceptors (Lipinski definition) is 3. The Labute approximate surface area is 141 Å². The first-order valence-corrected chi connectivity index (χ1v) is 8.68. The van der Waals surface area contributed by atoms with Crippen molar-refractivity contribution in [1.29, 1.82) is 0 Å². The summed E-state index contributed by atoms with van der Waals surface area (Å²) < 4.78 is 0. The summed E-state index contributed by atoms with van der Waals surface area (Å²) in [5.41, 5.74) is 1.81. The fourth-order valence-corrected chi connectivity index (χ4v) is 5.70. The van der Waals surface area contributed by atoms with E-state index in [0.717, 1.165) is 36.8 Å². The molecule has 2 fully saturated rings. The molecular weight excluding hydrogens is 304 g/mol. The summed E-state index contributed by atoms with van der Waals surface area (Å²) in [6.45, 7) is 9.33. The van der Waals surface area contributed by atoms with E-state index in [9.17, 15) is 14.9 Å². The van der Waals surface area contributed by atoms with Crippen molar-refractivity contribution < 1.29 is 9.72 Å². The molecular formula is C19H20N2O3. The molecule has 0 N–H and O–H groups in total. The Bertz CT molecular complexity index is 795. The molecule has 4 rings (SSSR count). The number of nitro benzene ring substituents is 1. The summed E-state index contributed by atoms with van der Waals surface area (Å²) in [6, 6.07) is 3.55. The molecule has 0 bridgehead atoms. The second-order valence-corrected chi connectivity index (χ2v) is 7.70. The van der Waals surface area contributed by atoms with Crippen molar-refractivity contribution in [3.8, 4) is 0 Å². The Morgan fingerprint density at radius 2 is 2.08 bits per heavy atom. The number of fused-ring (bicyclic) bond motifs is 5. The molecule has 0 saturated heterocycles. The zero-order valence-electron chi connectivity index (χ0n) is 13.7. The van der Waals surface area contributed by atoms with E-state index < -0.39 is 4.92 Å². The van der Waals surface area contributed by atoms with Gasteiger partial charge in [0.05, 0.1) is 11.5 Å². The highest BCUT2D eigenvalue weighted by Gasteiger charge is 2.55. The zero-order chi connectivity index (χ0) is 17.1. The highest BCUT2D eigenvalue weighted by molar-refractivity contribution is 5.87. The molecule has 24 heavy (non-hydrogen) atoms. The van der Waals surface area contributed by atoms with Crippen LogP contribution in [0, 0.1) is 33.9 Å². The molecule has 0 radical (unpaired) electrons. The molecule has 3 aliphatic rings. The van der Waals surface area contributed by atoms with Gasteiger partial charge in [-0.3, -0.25) is 14.9 Å². The van der Waals surface area contributed by atoms with Crippen LogP contribution in [0.5, 0.6) is 0 Å². The minimum absolute atomic E-state index is 0.0109. The number of Topliss-reactive ketones (excluding diaryl/α,β-unsaturated/α-hetero) is 1. The molecule has 3 aliphatic carbocycles. The SMILES string of the molecule is [C-]#[N+]c1ccc2c(c1[N+](=O)[O-])CCC1C2CC[C@]2(C)C(=O)CCC12. The number of nitro groups is 1. The van der Waals surface area contributed by atoms with Gasteiger partial charge in [-0.1, -0.05) is 13.0 Å². The van der Waals surface area contributed by atoms with E-state index >= 15 is 0 Å². The van der Waals surface area contributed by atoms with Crippen LogP contribution in [0.3, 0.4) is 0 Å². The van der Waals surface area contributed by atoms with Gasteiger partial charge >= 0.3 is 0 Å². The largest absolute Gasteiger partial charge is 0.299 e. The number of ketones is 1. The van der Waals surface area contributed by atoms with Crippen molar-refractivity contribution in [3.63, 3.8) is 0 Å². The van der Waals surface area contributed by atoms with Gasteiger partial charge in [-0.15, -0.1) is 0 Å². The number of carbonyl (C=O) groups excluding carboxylic acids is 1. The van der Waals surface area contributed by atoms with Gasteiger partial charge in [-0.25, -0.2) is 4.85 Å². The molecule has 4 atom stereocenters. The molecule has 124 valence electrons.